The van der Waals surface area contributed by atoms with Crippen molar-refractivity contribution in [3.8, 4) is 0 Å². The van der Waals surface area contributed by atoms with Gasteiger partial charge >= 0.3 is 0 Å². The maximum absolute atomic E-state index is 14.3. The number of aliphatic hydroxyl groups is 1. The Bertz CT molecular complexity index is 1270. The number of alkyl halides is 1. The normalized spacial score (nSPS) is 29.0. The summed E-state index contributed by atoms with van der Waals surface area (Å²) in [5.74, 6) is -2.07. The molecule has 3 fully saturated rings. The monoisotopic (exact) mass is 642 g/mol. The first-order valence-corrected chi connectivity index (χ1v) is 16.2. The van der Waals surface area contributed by atoms with Crippen LogP contribution < -0.4 is 15.5 Å². The fraction of sp³-hybridized carbons (Fsp3) is 0.516. The van der Waals surface area contributed by atoms with Gasteiger partial charge in [-0.2, -0.15) is 0 Å². The molecule has 1 spiro atoms. The standard InChI is InChI=1S/C31H39BrN4O4S/c1-5-35(6-2)21-14-12-20(13-15-21)34-29(39)27-31-16-22(32)26(41-31)24(28(38)33-19-10-8-7-9-11-19)25(31)30(40)36(27)23(17-37)18(3)4/h7-15,18,22-27,37H,5-6,16-17H2,1-4H3,(H,33,38)(H,34,39)/t22?,23-,24+,25-,26+,27?,31?/m0/s1. The molecule has 3 saturated heterocycles. The molecule has 0 radical (unpaired) electrons. The second-order valence-electron chi connectivity index (χ2n) is 11.5. The van der Waals surface area contributed by atoms with Gasteiger partial charge in [-0.1, -0.05) is 48.0 Å². The fourth-order valence-corrected chi connectivity index (χ4v) is 10.5. The SMILES string of the molecule is CCN(CC)c1ccc(NC(=O)C2N([C@@H](CO)C(C)C)C(=O)[C@@H]3[C@@H](C(=O)Nc4ccccc4)[C@@H]4SC23CC4Br)cc1. The molecule has 3 aliphatic heterocycles. The summed E-state index contributed by atoms with van der Waals surface area (Å²) in [6, 6.07) is 15.6. The van der Waals surface area contributed by atoms with Crippen LogP contribution >= 0.6 is 27.7 Å². The fourth-order valence-electron chi connectivity index (χ4n) is 6.95. The number of fused-ring (bicyclic) bond motifs is 1. The number of amides is 3. The number of benzene rings is 2. The summed E-state index contributed by atoms with van der Waals surface area (Å²) in [4.78, 5) is 46.1. The van der Waals surface area contributed by atoms with Crippen LogP contribution in [0, 0.1) is 17.8 Å². The highest BCUT2D eigenvalue weighted by Crippen LogP contribution is 2.68. The van der Waals surface area contributed by atoms with E-state index in [4.69, 9.17) is 0 Å². The predicted molar refractivity (Wildman–Crippen MR) is 168 cm³/mol. The first-order valence-electron chi connectivity index (χ1n) is 14.4. The van der Waals surface area contributed by atoms with E-state index in [-0.39, 0.29) is 40.3 Å². The van der Waals surface area contributed by atoms with Gasteiger partial charge in [-0.25, -0.2) is 0 Å². The van der Waals surface area contributed by atoms with E-state index in [1.165, 1.54) is 0 Å². The van der Waals surface area contributed by atoms with E-state index in [0.29, 0.717) is 17.8 Å². The lowest BCUT2D eigenvalue weighted by atomic mass is 9.70. The summed E-state index contributed by atoms with van der Waals surface area (Å²) in [7, 11) is 0. The summed E-state index contributed by atoms with van der Waals surface area (Å²) in [6.07, 6.45) is 0.583. The third kappa shape index (κ3) is 5.16. The Morgan fingerprint density at radius 2 is 1.66 bits per heavy atom. The van der Waals surface area contributed by atoms with Crippen LogP contribution in [0.3, 0.4) is 0 Å². The Hall–Kier alpha value is -2.56. The number of thioether (sulfide) groups is 1. The highest BCUT2D eigenvalue weighted by atomic mass is 79.9. The smallest absolute Gasteiger partial charge is 0.248 e. The molecule has 3 unspecified atom stereocenters. The molecule has 0 saturated carbocycles. The molecule has 8 nitrogen and oxygen atoms in total. The quantitative estimate of drug-likeness (QED) is 0.328. The predicted octanol–water partition coefficient (Wildman–Crippen LogP) is 4.59. The third-order valence-corrected chi connectivity index (χ3v) is 12.1. The van der Waals surface area contributed by atoms with Crippen LogP contribution in [-0.2, 0) is 14.4 Å². The molecule has 2 bridgehead atoms. The van der Waals surface area contributed by atoms with Gasteiger partial charge in [0.05, 0.1) is 29.2 Å². The minimum absolute atomic E-state index is 0.0293. The van der Waals surface area contributed by atoms with Crippen molar-refractivity contribution >= 4 is 62.5 Å². The Morgan fingerprint density at radius 3 is 2.24 bits per heavy atom. The van der Waals surface area contributed by atoms with Gasteiger partial charge in [-0.05, 0) is 62.6 Å². The average Bonchev–Trinajstić information content (AvgIpc) is 3.54. The van der Waals surface area contributed by atoms with Crippen LogP contribution in [0.1, 0.15) is 34.1 Å². The summed E-state index contributed by atoms with van der Waals surface area (Å²) < 4.78 is -0.790. The van der Waals surface area contributed by atoms with Gasteiger partial charge in [0.25, 0.3) is 0 Å². The van der Waals surface area contributed by atoms with Crippen LogP contribution in [0.15, 0.2) is 54.6 Å². The van der Waals surface area contributed by atoms with Gasteiger partial charge in [0, 0.05) is 40.2 Å². The van der Waals surface area contributed by atoms with Crippen LogP contribution in [0.4, 0.5) is 17.1 Å². The van der Waals surface area contributed by atoms with E-state index in [2.05, 4.69) is 45.3 Å². The number of hydrogen-bond acceptors (Lipinski definition) is 6. The van der Waals surface area contributed by atoms with Crippen LogP contribution in [-0.4, -0.2) is 74.3 Å². The van der Waals surface area contributed by atoms with E-state index in [1.54, 1.807) is 16.7 Å². The van der Waals surface area contributed by atoms with Crippen molar-refractivity contribution < 1.29 is 19.5 Å². The van der Waals surface area contributed by atoms with Crippen LogP contribution in [0.2, 0.25) is 0 Å². The number of nitrogens with one attached hydrogen (secondary N) is 2. The zero-order chi connectivity index (χ0) is 29.5. The van der Waals surface area contributed by atoms with Crippen molar-refractivity contribution in [2.24, 2.45) is 17.8 Å². The summed E-state index contributed by atoms with van der Waals surface area (Å²) in [5.41, 5.74) is 2.39. The number of likely N-dealkylation sites (tertiary alicyclic amines) is 1. The minimum atomic E-state index is -0.827. The zero-order valence-corrected chi connectivity index (χ0v) is 26.3. The lowest BCUT2D eigenvalue weighted by Gasteiger charge is -2.38. The van der Waals surface area contributed by atoms with Crippen molar-refractivity contribution in [1.29, 1.82) is 0 Å². The third-order valence-electron chi connectivity index (χ3n) is 8.90. The first kappa shape index (κ1) is 29.9. The Kier molecular flexibility index (Phi) is 8.74. The Morgan fingerprint density at radius 1 is 1.05 bits per heavy atom. The lowest BCUT2D eigenvalue weighted by Crippen LogP contribution is -2.56. The number of aliphatic hydroxyl groups excluding tert-OH is 1. The van der Waals surface area contributed by atoms with Gasteiger partial charge in [0.2, 0.25) is 17.7 Å². The molecule has 5 rings (SSSR count). The number of anilines is 3. The number of carbonyl (C=O) groups is 3. The van der Waals surface area contributed by atoms with Gasteiger partial charge in [-0.3, -0.25) is 14.4 Å². The van der Waals surface area contributed by atoms with E-state index in [1.807, 2.05) is 68.4 Å². The summed E-state index contributed by atoms with van der Waals surface area (Å²) in [6.45, 7) is 9.59. The molecular weight excluding hydrogens is 604 g/mol. The molecule has 2 aromatic carbocycles. The van der Waals surface area contributed by atoms with Gasteiger partial charge in [0.1, 0.15) is 6.04 Å². The number of nitrogens with zero attached hydrogens (tertiary/aromatic N) is 2. The number of rotatable bonds is 10. The Balaban J connectivity index is 1.49. The molecule has 3 aliphatic rings. The van der Waals surface area contributed by atoms with Gasteiger partial charge in [-0.15, -0.1) is 11.8 Å². The molecule has 41 heavy (non-hydrogen) atoms. The molecule has 10 heteroatoms. The van der Waals surface area contributed by atoms with E-state index in [9.17, 15) is 19.5 Å². The Labute approximate surface area is 254 Å². The molecule has 220 valence electrons. The highest BCUT2D eigenvalue weighted by molar-refractivity contribution is 9.09. The molecule has 3 N–H and O–H groups in total. The van der Waals surface area contributed by atoms with Crippen LogP contribution in [0.25, 0.3) is 0 Å². The minimum Gasteiger partial charge on any atom is -0.394 e. The van der Waals surface area contributed by atoms with Crippen molar-refractivity contribution in [2.45, 2.75) is 61.0 Å². The molecule has 3 heterocycles. The molecule has 0 aromatic heterocycles. The molecule has 0 aliphatic carbocycles. The van der Waals surface area contributed by atoms with Crippen molar-refractivity contribution in [1.82, 2.24) is 4.90 Å². The number of para-hydroxylation sites is 1. The van der Waals surface area contributed by atoms with Gasteiger partial charge in [0.15, 0.2) is 0 Å². The number of hydrogen-bond donors (Lipinski definition) is 3. The highest BCUT2D eigenvalue weighted by Gasteiger charge is 2.76. The van der Waals surface area contributed by atoms with Crippen molar-refractivity contribution in [3.05, 3.63) is 54.6 Å². The largest absolute Gasteiger partial charge is 0.394 e. The van der Waals surface area contributed by atoms with E-state index < -0.39 is 28.7 Å². The van der Waals surface area contributed by atoms with Crippen molar-refractivity contribution in [2.75, 3.05) is 35.2 Å². The van der Waals surface area contributed by atoms with E-state index in [0.717, 1.165) is 18.8 Å². The summed E-state index contributed by atoms with van der Waals surface area (Å²) in [5, 5.41) is 16.4. The first-order chi connectivity index (χ1) is 19.7. The zero-order valence-electron chi connectivity index (χ0n) is 23.9. The van der Waals surface area contributed by atoms with E-state index >= 15 is 0 Å². The van der Waals surface area contributed by atoms with Crippen molar-refractivity contribution in [3.63, 3.8) is 0 Å². The topological polar surface area (TPSA) is 102 Å². The average molecular weight is 644 g/mol. The second kappa shape index (κ2) is 12.0. The molecular formula is C31H39BrN4O4S. The number of carbonyl (C=O) groups excluding carboxylic acids is 3. The summed E-state index contributed by atoms with van der Waals surface area (Å²) >= 11 is 5.40. The lowest BCUT2D eigenvalue weighted by molar-refractivity contribution is -0.142. The molecule has 2 aromatic rings. The maximum atomic E-state index is 14.3. The molecule has 3 amide bonds. The van der Waals surface area contributed by atoms with Crippen LogP contribution in [0.5, 0.6) is 0 Å². The maximum Gasteiger partial charge on any atom is 0.248 e. The number of halogens is 1. The van der Waals surface area contributed by atoms with Gasteiger partial charge < -0.3 is 25.5 Å². The molecule has 7 atom stereocenters. The second-order valence-corrected chi connectivity index (χ2v) is 14.2.